The Hall–Kier alpha value is 0.962. The zero-order valence-corrected chi connectivity index (χ0v) is 29.9. The van der Waals surface area contributed by atoms with Crippen LogP contribution >= 0.6 is 0 Å². The van der Waals surface area contributed by atoms with Crippen LogP contribution < -0.4 is 48.2 Å². The van der Waals surface area contributed by atoms with Crippen LogP contribution in [0.5, 0.6) is 0 Å². The molecule has 4 nitrogen and oxygen atoms in total. The maximum Gasteiger partial charge on any atom is 1.00 e. The summed E-state index contributed by atoms with van der Waals surface area (Å²) in [6.07, 6.45) is 0. The van der Waals surface area contributed by atoms with E-state index >= 15 is 0 Å². The minimum atomic E-state index is -1.11. The predicted molar refractivity (Wildman–Crippen MR) is 149 cm³/mol. The number of rotatable bonds is 4. The van der Waals surface area contributed by atoms with E-state index in [0.29, 0.717) is 0 Å². The van der Waals surface area contributed by atoms with Gasteiger partial charge in [0.05, 0.1) is 10.8 Å². The Morgan fingerprint density at radius 2 is 0.531 bits per heavy atom. The van der Waals surface area contributed by atoms with E-state index in [1.165, 1.54) is 0 Å². The summed E-state index contributed by atoms with van der Waals surface area (Å²) in [7, 11) is -4.42. The van der Waals surface area contributed by atoms with Gasteiger partial charge in [0, 0.05) is 0 Å². The van der Waals surface area contributed by atoms with Crippen molar-refractivity contribution in [2.75, 3.05) is 0 Å². The smallest absolute Gasteiger partial charge is 0.668 e. The topological polar surface area (TPSA) is 75.8 Å². The van der Waals surface area contributed by atoms with E-state index in [-0.39, 0.29) is 48.6 Å². The summed E-state index contributed by atoms with van der Waals surface area (Å²) in [4.78, 5) is 0. The van der Waals surface area contributed by atoms with Crippen LogP contribution in [-0.4, -0.2) is 32.9 Å². The molecule has 0 aromatic carbocycles. The summed E-state index contributed by atoms with van der Waals surface area (Å²) in [6.45, 7) is 39.2. The fraction of sp³-hybridized carbons (Fsp3) is 0.909. The third kappa shape index (κ3) is 77.3. The Morgan fingerprint density at radius 1 is 0.438 bits per heavy atom. The normalized spacial score (nSPS) is 11.8. The van der Waals surface area contributed by atoms with Crippen molar-refractivity contribution in [1.29, 1.82) is 0 Å². The van der Waals surface area contributed by atoms with Gasteiger partial charge in [0.25, 0.3) is 12.1 Å². The molecule has 0 rings (SSSR count). The van der Waals surface area contributed by atoms with Crippen molar-refractivity contribution in [1.82, 2.24) is 0 Å². The Labute approximate surface area is 232 Å². The number of nitrogens with zero attached hydrogens (tertiary/aromatic N) is 2. The van der Waals surface area contributed by atoms with E-state index in [0.717, 1.165) is 0 Å². The molecule has 0 aromatic heterocycles. The van der Waals surface area contributed by atoms with Crippen LogP contribution in [0.25, 0.3) is 9.30 Å². The first-order valence-corrected chi connectivity index (χ1v) is 24.7. The fourth-order valence-electron chi connectivity index (χ4n) is 2.01. The molecule has 0 radical (unpaired) electrons. The molecule has 0 saturated carbocycles. The second-order valence-corrected chi connectivity index (χ2v) is 32.8. The first kappa shape index (κ1) is 46.3. The molecule has 0 aliphatic heterocycles. The van der Waals surface area contributed by atoms with Gasteiger partial charge in [0.2, 0.25) is 0 Å². The van der Waals surface area contributed by atoms with Gasteiger partial charge in [-0.1, -0.05) is 112 Å². The third-order valence-corrected chi connectivity index (χ3v) is 12.8. The molecule has 0 atom stereocenters. The maximum atomic E-state index is 6.60. The van der Waals surface area contributed by atoms with Crippen molar-refractivity contribution in [2.24, 2.45) is 10.8 Å². The van der Waals surface area contributed by atoms with Crippen molar-refractivity contribution < 1.29 is 48.2 Å². The van der Waals surface area contributed by atoms with Crippen molar-refractivity contribution in [3.63, 3.8) is 0 Å². The van der Waals surface area contributed by atoms with Gasteiger partial charge in [-0.25, -0.2) is 0 Å². The number of hydrogen-bond acceptors (Lipinski definition) is 0. The van der Waals surface area contributed by atoms with Crippen LogP contribution in [0.2, 0.25) is 78.6 Å². The minimum absolute atomic E-state index is 0. The maximum absolute atomic E-state index is 6.60. The van der Waals surface area contributed by atoms with Crippen LogP contribution in [0.15, 0.2) is 0 Å². The summed E-state index contributed by atoms with van der Waals surface area (Å²) in [5.74, 6) is 0. The molecule has 0 unspecified atom stereocenters. The van der Waals surface area contributed by atoms with Crippen LogP contribution in [0, 0.1) is 23.0 Å². The molecule has 0 aliphatic carbocycles. The monoisotopic (exact) mass is 502 g/mol. The van der Waals surface area contributed by atoms with E-state index in [2.05, 4.69) is 90.7 Å². The standard InChI is InChI=1S/2C6H18NSi2.2C5H9N.2Li/c2*1-8(2,3)7-9(4,5)6;2*1-5(2,3)4-6;;/h2*1-6H3;2*1-3H3;;/q2*-1;;;2*+1/p+2. The fourth-order valence-corrected chi connectivity index (χ4v) is 18.1. The quantitative estimate of drug-likeness (QED) is 0.495. The molecule has 0 bridgehead atoms. The van der Waals surface area contributed by atoms with Crippen LogP contribution in [0.4, 0.5) is 0 Å². The van der Waals surface area contributed by atoms with Crippen molar-refractivity contribution >= 4 is 32.9 Å². The molecule has 0 aromatic rings. The molecule has 32 heavy (non-hydrogen) atoms. The van der Waals surface area contributed by atoms with Crippen molar-refractivity contribution in [3.8, 4) is 12.1 Å². The van der Waals surface area contributed by atoms with E-state index in [1.54, 1.807) is 0 Å². The SMILES string of the molecule is CC(C)(C)C#[NH+].CC(C)(C)C#[NH+].C[Si](C)(C)[N-][Si](C)(C)C.C[Si](C)(C)[N-][Si](C)(C)C.[Li+].[Li+]. The molecule has 0 saturated heterocycles. The molecule has 0 spiro atoms. The van der Waals surface area contributed by atoms with Gasteiger partial charge in [-0.2, -0.15) is 0 Å². The molecule has 0 amide bonds. The average molecular weight is 503 g/mol. The summed E-state index contributed by atoms with van der Waals surface area (Å²) < 4.78 is 9.64. The van der Waals surface area contributed by atoms with Crippen LogP contribution in [-0.2, 0) is 0 Å². The van der Waals surface area contributed by atoms with Gasteiger partial charge in [-0.15, -0.1) is 10.5 Å². The van der Waals surface area contributed by atoms with E-state index < -0.39 is 32.9 Å². The Morgan fingerprint density at radius 3 is 0.531 bits per heavy atom. The first-order chi connectivity index (χ1) is 12.5. The number of nitrogens with one attached hydrogen (secondary N) is 2. The molecule has 0 fully saturated rings. The van der Waals surface area contributed by atoms with E-state index in [1.807, 2.05) is 41.5 Å². The largest absolute Gasteiger partial charge is 1.00 e. The molecule has 10 heteroatoms. The Kier molecular flexibility index (Phi) is 26.4. The average Bonchev–Trinajstić information content (AvgIpc) is 2.30. The van der Waals surface area contributed by atoms with Gasteiger partial charge in [0.15, 0.2) is 0 Å². The van der Waals surface area contributed by atoms with Gasteiger partial charge >= 0.3 is 37.7 Å². The Balaban J connectivity index is -0.0000000702. The molecule has 2 N–H and O–H groups in total. The summed E-state index contributed by atoms with van der Waals surface area (Å²) in [5, 5.41) is 13.2. The Bertz CT molecular complexity index is 458. The van der Waals surface area contributed by atoms with Gasteiger partial charge in [-0.3, -0.25) is 0 Å². The summed E-state index contributed by atoms with van der Waals surface area (Å²) in [5.41, 5.74) is -0.0833. The number of hydrogen-bond donors (Lipinski definition) is 2. The van der Waals surface area contributed by atoms with E-state index in [4.69, 9.17) is 19.8 Å². The van der Waals surface area contributed by atoms with Crippen molar-refractivity contribution in [2.45, 2.75) is 120 Å². The first-order valence-electron chi connectivity index (χ1n) is 10.9. The molecule has 0 aliphatic rings. The van der Waals surface area contributed by atoms with Gasteiger partial charge in [-0.05, 0) is 41.5 Å². The van der Waals surface area contributed by atoms with Crippen LogP contribution in [0.3, 0.4) is 0 Å². The van der Waals surface area contributed by atoms with Gasteiger partial charge < -0.3 is 9.30 Å². The predicted octanol–water partition coefficient (Wildman–Crippen LogP) is -0.322. The molecule has 0 heterocycles. The third-order valence-electron chi connectivity index (χ3n) is 2.09. The summed E-state index contributed by atoms with van der Waals surface area (Å²) in [6, 6.07) is 4.71. The minimum Gasteiger partial charge on any atom is -0.668 e. The second kappa shape index (κ2) is 18.3. The molecular formula is C22H56Li2N4Si4+2. The second-order valence-electron chi connectivity index (χ2n) is 13.7. The van der Waals surface area contributed by atoms with Gasteiger partial charge in [0.1, 0.15) is 0 Å². The molecular weight excluding hydrogens is 446 g/mol. The zero-order valence-electron chi connectivity index (χ0n) is 25.9. The van der Waals surface area contributed by atoms with E-state index in [9.17, 15) is 0 Å². The molecule has 180 valence electrons. The zero-order chi connectivity index (χ0) is 25.8. The summed E-state index contributed by atoms with van der Waals surface area (Å²) >= 11 is 0. The van der Waals surface area contributed by atoms with Crippen molar-refractivity contribution in [3.05, 3.63) is 9.30 Å². The van der Waals surface area contributed by atoms with Crippen LogP contribution in [0.1, 0.15) is 41.5 Å².